The van der Waals surface area contributed by atoms with Crippen molar-refractivity contribution in [2.24, 2.45) is 28.1 Å². The maximum Gasteiger partial charge on any atom is 0.326 e. The lowest BCUT2D eigenvalue weighted by Gasteiger charge is -2.25. The molecule has 0 heterocycles. The first kappa shape index (κ1) is 32.0. The second-order valence-electron chi connectivity index (χ2n) is 8.08. The fourth-order valence-electron chi connectivity index (χ4n) is 2.86. The number of amides is 3. The van der Waals surface area contributed by atoms with Gasteiger partial charge in [-0.05, 0) is 18.8 Å². The van der Waals surface area contributed by atoms with Gasteiger partial charge in [-0.1, -0.05) is 20.3 Å². The van der Waals surface area contributed by atoms with Crippen LogP contribution >= 0.6 is 0 Å². The minimum atomic E-state index is -1.87. The van der Waals surface area contributed by atoms with Crippen LogP contribution in [0.3, 0.4) is 0 Å². The third kappa shape index (κ3) is 12.5. The van der Waals surface area contributed by atoms with Gasteiger partial charge in [0.25, 0.3) is 0 Å². The van der Waals surface area contributed by atoms with Crippen molar-refractivity contribution in [2.45, 2.75) is 70.1 Å². The Labute approximate surface area is 207 Å². The van der Waals surface area contributed by atoms with Crippen LogP contribution in [0.25, 0.3) is 0 Å². The van der Waals surface area contributed by atoms with Gasteiger partial charge in [0, 0.05) is 6.54 Å². The van der Waals surface area contributed by atoms with Gasteiger partial charge in [-0.25, -0.2) is 4.79 Å². The highest BCUT2D eigenvalue weighted by molar-refractivity contribution is 5.96. The Morgan fingerprint density at radius 1 is 0.806 bits per heavy atom. The molecule has 204 valence electrons. The summed E-state index contributed by atoms with van der Waals surface area (Å²) in [7, 11) is 0. The van der Waals surface area contributed by atoms with Gasteiger partial charge in [-0.2, -0.15) is 0 Å². The fourth-order valence-corrected chi connectivity index (χ4v) is 2.86. The molecule has 0 aliphatic carbocycles. The molecule has 16 nitrogen and oxygen atoms in total. The van der Waals surface area contributed by atoms with Gasteiger partial charge in [0.05, 0.1) is 18.9 Å². The summed E-state index contributed by atoms with van der Waals surface area (Å²) in [6.07, 6.45) is -1.15. The average molecular weight is 518 g/mol. The predicted molar refractivity (Wildman–Crippen MR) is 125 cm³/mol. The molecule has 0 saturated carbocycles. The maximum atomic E-state index is 12.9. The number of hydrogen-bond donors (Lipinski definition) is 9. The molecule has 0 aromatic carbocycles. The van der Waals surface area contributed by atoms with Crippen molar-refractivity contribution in [2.75, 3.05) is 6.54 Å². The second-order valence-corrected chi connectivity index (χ2v) is 8.08. The van der Waals surface area contributed by atoms with Crippen molar-refractivity contribution in [3.05, 3.63) is 0 Å². The highest BCUT2D eigenvalue weighted by Gasteiger charge is 2.32. The highest BCUT2D eigenvalue weighted by atomic mass is 16.4. The second kappa shape index (κ2) is 15.9. The largest absolute Gasteiger partial charge is 0.481 e. The number of aliphatic carboxylic acids is 3. The van der Waals surface area contributed by atoms with Crippen LogP contribution in [0.4, 0.5) is 0 Å². The number of guanidine groups is 1. The first-order valence-electron chi connectivity index (χ1n) is 11.1. The van der Waals surface area contributed by atoms with Crippen molar-refractivity contribution >= 4 is 41.6 Å². The third-order valence-electron chi connectivity index (χ3n) is 5.14. The van der Waals surface area contributed by atoms with E-state index in [9.17, 15) is 28.8 Å². The van der Waals surface area contributed by atoms with E-state index in [0.717, 1.165) is 0 Å². The van der Waals surface area contributed by atoms with Gasteiger partial charge in [0.2, 0.25) is 17.7 Å². The maximum absolute atomic E-state index is 12.9. The number of nitrogens with zero attached hydrogens (tertiary/aromatic N) is 1. The molecule has 12 N–H and O–H groups in total. The minimum Gasteiger partial charge on any atom is -0.481 e. The van der Waals surface area contributed by atoms with Gasteiger partial charge in [0.1, 0.15) is 18.1 Å². The number of carboxylic acids is 3. The third-order valence-corrected chi connectivity index (χ3v) is 5.14. The van der Waals surface area contributed by atoms with Crippen LogP contribution in [-0.2, 0) is 28.8 Å². The SMILES string of the molecule is CCC(C)C(N)C(=O)NC(CCCN=C(N)N)C(=O)NC(CC(=O)O)C(=O)NC(CC(=O)O)C(=O)O. The van der Waals surface area contributed by atoms with Crippen molar-refractivity contribution < 1.29 is 44.1 Å². The first-order valence-corrected chi connectivity index (χ1v) is 11.1. The number of rotatable bonds is 17. The van der Waals surface area contributed by atoms with E-state index >= 15 is 0 Å². The summed E-state index contributed by atoms with van der Waals surface area (Å²) in [5, 5.41) is 33.6. The van der Waals surface area contributed by atoms with Crippen LogP contribution in [0.2, 0.25) is 0 Å². The summed E-state index contributed by atoms with van der Waals surface area (Å²) >= 11 is 0. The number of aliphatic imine (C=N–C) groups is 1. The number of carbonyl (C=O) groups excluding carboxylic acids is 3. The molecule has 3 amide bonds. The molecular weight excluding hydrogens is 482 g/mol. The number of carbonyl (C=O) groups is 6. The number of hydrogen-bond acceptors (Lipinski definition) is 8. The lowest BCUT2D eigenvalue weighted by molar-refractivity contribution is -0.148. The number of nitrogens with two attached hydrogens (primary N) is 3. The van der Waals surface area contributed by atoms with E-state index < -0.39 is 72.6 Å². The van der Waals surface area contributed by atoms with Gasteiger partial charge >= 0.3 is 17.9 Å². The molecule has 0 fully saturated rings. The summed E-state index contributed by atoms with van der Waals surface area (Å²) < 4.78 is 0. The summed E-state index contributed by atoms with van der Waals surface area (Å²) in [5.74, 6) is -7.95. The number of carboxylic acid groups (broad SMARTS) is 3. The van der Waals surface area contributed by atoms with Crippen LogP contribution in [0.5, 0.6) is 0 Å². The zero-order valence-corrected chi connectivity index (χ0v) is 20.1. The molecule has 5 atom stereocenters. The Kier molecular flexibility index (Phi) is 14.1. The molecule has 0 saturated heterocycles. The molecule has 0 radical (unpaired) electrons. The Balaban J connectivity index is 5.69. The molecular formula is C20H35N7O9. The Hall–Kier alpha value is -3.95. The molecule has 36 heavy (non-hydrogen) atoms. The quantitative estimate of drug-likeness (QED) is 0.0526. The van der Waals surface area contributed by atoms with Crippen LogP contribution in [0, 0.1) is 5.92 Å². The van der Waals surface area contributed by atoms with Crippen LogP contribution in [0.1, 0.15) is 46.0 Å². The van der Waals surface area contributed by atoms with E-state index in [2.05, 4.69) is 15.6 Å². The summed E-state index contributed by atoms with van der Waals surface area (Å²) in [4.78, 5) is 75.1. The summed E-state index contributed by atoms with van der Waals surface area (Å²) in [6, 6.07) is -5.86. The Morgan fingerprint density at radius 3 is 1.75 bits per heavy atom. The van der Waals surface area contributed by atoms with Gasteiger partial charge in [-0.15, -0.1) is 0 Å². The van der Waals surface area contributed by atoms with Gasteiger partial charge in [0.15, 0.2) is 5.96 Å². The van der Waals surface area contributed by atoms with E-state index in [1.807, 2.05) is 12.2 Å². The summed E-state index contributed by atoms with van der Waals surface area (Å²) in [6.45, 7) is 3.66. The smallest absolute Gasteiger partial charge is 0.326 e. The normalized spacial score (nSPS) is 14.8. The average Bonchev–Trinajstić information content (AvgIpc) is 2.77. The van der Waals surface area contributed by atoms with Crippen molar-refractivity contribution in [3.8, 4) is 0 Å². The molecule has 16 heteroatoms. The van der Waals surface area contributed by atoms with Crippen molar-refractivity contribution in [1.29, 1.82) is 0 Å². The van der Waals surface area contributed by atoms with Crippen LogP contribution in [-0.4, -0.2) is 87.6 Å². The van der Waals surface area contributed by atoms with Crippen LogP contribution < -0.4 is 33.2 Å². The van der Waals surface area contributed by atoms with Gasteiger partial charge < -0.3 is 48.5 Å². The van der Waals surface area contributed by atoms with Gasteiger partial charge in [-0.3, -0.25) is 29.0 Å². The summed E-state index contributed by atoms with van der Waals surface area (Å²) in [5.41, 5.74) is 16.4. The molecule has 0 aliphatic rings. The molecule has 0 aliphatic heterocycles. The van der Waals surface area contributed by atoms with Crippen molar-refractivity contribution in [1.82, 2.24) is 16.0 Å². The van der Waals surface area contributed by atoms with E-state index in [4.69, 9.17) is 32.5 Å². The lowest BCUT2D eigenvalue weighted by atomic mass is 9.98. The van der Waals surface area contributed by atoms with E-state index in [0.29, 0.717) is 6.42 Å². The topological polar surface area (TPSA) is 290 Å². The number of nitrogens with one attached hydrogen (secondary N) is 3. The molecule has 0 bridgehead atoms. The van der Waals surface area contributed by atoms with Crippen molar-refractivity contribution in [3.63, 3.8) is 0 Å². The molecule has 5 unspecified atom stereocenters. The zero-order chi connectivity index (χ0) is 28.0. The van der Waals surface area contributed by atoms with Crippen LogP contribution in [0.15, 0.2) is 4.99 Å². The molecule has 0 aromatic heterocycles. The standard InChI is InChI=1S/C20H35N7O9/c1-3-9(2)15(21)18(34)25-10(5-4-6-24-20(22)23)16(32)26-11(7-13(28)29)17(33)27-12(19(35)36)8-14(30)31/h9-12,15H,3-8,21H2,1-2H3,(H,25,34)(H,26,32)(H,27,33)(H,28,29)(H,30,31)(H,35,36)(H4,22,23,24). The van der Waals surface area contributed by atoms with E-state index in [1.54, 1.807) is 6.92 Å². The highest BCUT2D eigenvalue weighted by Crippen LogP contribution is 2.08. The van der Waals surface area contributed by atoms with E-state index in [1.165, 1.54) is 0 Å². The van der Waals surface area contributed by atoms with E-state index in [-0.39, 0.29) is 31.3 Å². The minimum absolute atomic E-state index is 0.0141. The monoisotopic (exact) mass is 517 g/mol. The Morgan fingerprint density at radius 2 is 1.28 bits per heavy atom. The zero-order valence-electron chi connectivity index (χ0n) is 20.1. The molecule has 0 aromatic rings. The predicted octanol–water partition coefficient (Wildman–Crippen LogP) is -3.10. The molecule has 0 spiro atoms. The Bertz CT molecular complexity index is 845. The molecule has 0 rings (SSSR count). The lowest BCUT2D eigenvalue weighted by Crippen LogP contribution is -2.58. The first-order chi connectivity index (χ1) is 16.7. The fraction of sp³-hybridized carbons (Fsp3) is 0.650.